The predicted octanol–water partition coefficient (Wildman–Crippen LogP) is 0.292. The maximum Gasteiger partial charge on any atom is 0.163 e. The van der Waals surface area contributed by atoms with E-state index in [2.05, 4.69) is 20.0 Å². The van der Waals surface area contributed by atoms with Crippen LogP contribution in [0.15, 0.2) is 6.20 Å². The first kappa shape index (κ1) is 13.3. The molecule has 2 aromatic heterocycles. The summed E-state index contributed by atoms with van der Waals surface area (Å²) in [5.41, 5.74) is 6.08. The van der Waals surface area contributed by atoms with Gasteiger partial charge in [0.05, 0.1) is 23.7 Å². The molecule has 0 radical (unpaired) electrons. The molecule has 7 nitrogen and oxygen atoms in total. The van der Waals surface area contributed by atoms with Gasteiger partial charge < -0.3 is 10.8 Å². The Morgan fingerprint density at radius 3 is 3.00 bits per heavy atom. The molecule has 1 fully saturated rings. The summed E-state index contributed by atoms with van der Waals surface area (Å²) in [6.07, 6.45) is 3.50. The molecule has 1 aliphatic rings. The predicted molar refractivity (Wildman–Crippen MR) is 75.9 cm³/mol. The first-order chi connectivity index (χ1) is 9.44. The van der Waals surface area contributed by atoms with Crippen LogP contribution in [-0.4, -0.2) is 48.4 Å². The summed E-state index contributed by atoms with van der Waals surface area (Å²) in [6.45, 7) is 4.06. The van der Waals surface area contributed by atoms with Gasteiger partial charge in [-0.2, -0.15) is 5.10 Å². The van der Waals surface area contributed by atoms with Crippen LogP contribution < -0.4 is 5.73 Å². The van der Waals surface area contributed by atoms with E-state index in [9.17, 15) is 5.11 Å². The van der Waals surface area contributed by atoms with Crippen LogP contribution in [0.5, 0.6) is 0 Å². The van der Waals surface area contributed by atoms with E-state index >= 15 is 0 Å². The molecular formula is C13H20N6O. The van der Waals surface area contributed by atoms with Crippen LogP contribution in [0.3, 0.4) is 0 Å². The minimum Gasteiger partial charge on any atom is -0.389 e. The quantitative estimate of drug-likeness (QED) is 0.819. The number of aromatic nitrogens is 4. The van der Waals surface area contributed by atoms with Crippen molar-refractivity contribution in [1.82, 2.24) is 24.6 Å². The first-order valence-electron chi connectivity index (χ1n) is 6.83. The molecule has 1 aliphatic heterocycles. The maximum atomic E-state index is 10.1. The van der Waals surface area contributed by atoms with Crippen LogP contribution in [0.2, 0.25) is 0 Å². The molecule has 20 heavy (non-hydrogen) atoms. The zero-order chi connectivity index (χ0) is 14.3. The molecule has 0 aromatic carbocycles. The first-order valence-corrected chi connectivity index (χ1v) is 6.83. The van der Waals surface area contributed by atoms with Gasteiger partial charge in [-0.25, -0.2) is 9.97 Å². The Hall–Kier alpha value is -1.73. The van der Waals surface area contributed by atoms with Crippen LogP contribution in [0, 0.1) is 0 Å². The highest BCUT2D eigenvalue weighted by atomic mass is 16.3. The number of aryl methyl sites for hydroxylation is 1. The van der Waals surface area contributed by atoms with E-state index in [1.807, 2.05) is 14.0 Å². The van der Waals surface area contributed by atoms with Crippen molar-refractivity contribution >= 4 is 16.9 Å². The van der Waals surface area contributed by atoms with Crippen molar-refractivity contribution in [2.75, 3.05) is 18.8 Å². The third-order valence-electron chi connectivity index (χ3n) is 3.79. The number of hydrogen-bond donors (Lipinski definition) is 2. The van der Waals surface area contributed by atoms with Gasteiger partial charge in [-0.15, -0.1) is 0 Å². The number of nitrogens with two attached hydrogens (primary N) is 1. The average molecular weight is 276 g/mol. The number of piperidine rings is 1. The lowest BCUT2D eigenvalue weighted by atomic mass is 9.95. The second-order valence-electron chi connectivity index (χ2n) is 5.84. The van der Waals surface area contributed by atoms with Crippen LogP contribution in [0.1, 0.15) is 25.6 Å². The Balaban J connectivity index is 1.85. The molecule has 3 rings (SSSR count). The van der Waals surface area contributed by atoms with Gasteiger partial charge in [-0.3, -0.25) is 9.58 Å². The zero-order valence-electron chi connectivity index (χ0n) is 11.9. The molecule has 108 valence electrons. The van der Waals surface area contributed by atoms with Gasteiger partial charge in [-0.1, -0.05) is 0 Å². The third kappa shape index (κ3) is 2.46. The highest BCUT2D eigenvalue weighted by Gasteiger charge is 2.28. The number of β-amino-alcohol motifs (C(OH)–C–C–N with tert-alkyl or cyclic N) is 1. The molecule has 7 heteroatoms. The van der Waals surface area contributed by atoms with Crippen LogP contribution in [-0.2, 0) is 13.6 Å². The van der Waals surface area contributed by atoms with Gasteiger partial charge >= 0.3 is 0 Å². The molecule has 0 amide bonds. The van der Waals surface area contributed by atoms with E-state index in [0.717, 1.165) is 30.4 Å². The molecule has 3 N–H and O–H groups in total. The Morgan fingerprint density at radius 1 is 1.45 bits per heavy atom. The van der Waals surface area contributed by atoms with E-state index in [-0.39, 0.29) is 0 Å². The van der Waals surface area contributed by atoms with Crippen LogP contribution in [0.4, 0.5) is 5.82 Å². The molecular weight excluding hydrogens is 256 g/mol. The number of nitrogens with zero attached hydrogens (tertiary/aromatic N) is 5. The lowest BCUT2D eigenvalue weighted by Gasteiger charge is -2.36. The number of nitrogen functional groups attached to an aromatic ring is 1. The fraction of sp³-hybridized carbons (Fsp3) is 0.615. The van der Waals surface area contributed by atoms with Crippen molar-refractivity contribution in [3.05, 3.63) is 12.0 Å². The van der Waals surface area contributed by atoms with E-state index < -0.39 is 5.60 Å². The van der Waals surface area contributed by atoms with Crippen molar-refractivity contribution in [3.8, 4) is 0 Å². The van der Waals surface area contributed by atoms with Gasteiger partial charge in [0.25, 0.3) is 0 Å². The van der Waals surface area contributed by atoms with Gasteiger partial charge in [-0.05, 0) is 26.3 Å². The molecule has 0 bridgehead atoms. The molecule has 3 heterocycles. The number of aliphatic hydroxyl groups is 1. The largest absolute Gasteiger partial charge is 0.389 e. The van der Waals surface area contributed by atoms with E-state index in [0.29, 0.717) is 24.7 Å². The number of hydrogen-bond acceptors (Lipinski definition) is 6. The number of rotatable bonds is 2. The van der Waals surface area contributed by atoms with Crippen LogP contribution in [0.25, 0.3) is 11.0 Å². The lowest BCUT2D eigenvalue weighted by molar-refractivity contribution is -0.0188. The van der Waals surface area contributed by atoms with E-state index in [4.69, 9.17) is 5.73 Å². The molecule has 1 saturated heterocycles. The number of fused-ring (bicyclic) bond motifs is 1. The SMILES string of the molecule is Cn1ncc2c(N)nc(CN3CCCC(C)(O)C3)nc21. The molecule has 0 spiro atoms. The zero-order valence-corrected chi connectivity index (χ0v) is 11.9. The second-order valence-corrected chi connectivity index (χ2v) is 5.84. The van der Waals surface area contributed by atoms with Crippen molar-refractivity contribution in [1.29, 1.82) is 0 Å². The van der Waals surface area contributed by atoms with Gasteiger partial charge in [0.1, 0.15) is 11.6 Å². The highest BCUT2D eigenvalue weighted by molar-refractivity contribution is 5.84. The smallest absolute Gasteiger partial charge is 0.163 e. The van der Waals surface area contributed by atoms with Crippen molar-refractivity contribution in [2.45, 2.75) is 31.9 Å². The van der Waals surface area contributed by atoms with Gasteiger partial charge in [0.2, 0.25) is 0 Å². The maximum absolute atomic E-state index is 10.1. The lowest BCUT2D eigenvalue weighted by Crippen LogP contribution is -2.45. The monoisotopic (exact) mass is 276 g/mol. The summed E-state index contributed by atoms with van der Waals surface area (Å²) in [7, 11) is 1.84. The van der Waals surface area contributed by atoms with Crippen molar-refractivity contribution in [3.63, 3.8) is 0 Å². The standard InChI is InChI=1S/C13H20N6O/c1-13(20)4-3-5-19(8-13)7-10-16-11(14)9-6-15-18(2)12(9)17-10/h6,20H,3-5,7-8H2,1-2H3,(H2,14,16,17). The van der Waals surface area contributed by atoms with E-state index in [1.54, 1.807) is 10.9 Å². The second kappa shape index (κ2) is 4.68. The summed E-state index contributed by atoms with van der Waals surface area (Å²) in [6, 6.07) is 0. The fourth-order valence-corrected chi connectivity index (χ4v) is 2.82. The van der Waals surface area contributed by atoms with Gasteiger partial charge in [0.15, 0.2) is 5.65 Å². The van der Waals surface area contributed by atoms with Crippen molar-refractivity contribution in [2.24, 2.45) is 7.05 Å². The Bertz CT molecular complexity index is 635. The summed E-state index contributed by atoms with van der Waals surface area (Å²) in [4.78, 5) is 11.0. The number of anilines is 1. The summed E-state index contributed by atoms with van der Waals surface area (Å²) in [5.74, 6) is 1.14. The normalized spacial score (nSPS) is 24.4. The van der Waals surface area contributed by atoms with Crippen molar-refractivity contribution < 1.29 is 5.11 Å². The summed E-state index contributed by atoms with van der Waals surface area (Å²) < 4.78 is 1.70. The Labute approximate surface area is 117 Å². The van der Waals surface area contributed by atoms with E-state index in [1.165, 1.54) is 0 Å². The third-order valence-corrected chi connectivity index (χ3v) is 3.79. The Morgan fingerprint density at radius 2 is 2.25 bits per heavy atom. The van der Waals surface area contributed by atoms with Gasteiger partial charge in [0, 0.05) is 13.6 Å². The summed E-state index contributed by atoms with van der Waals surface area (Å²) in [5, 5.41) is 15.1. The molecule has 2 aromatic rings. The topological polar surface area (TPSA) is 93.1 Å². The number of likely N-dealkylation sites (tertiary alicyclic amines) is 1. The minimum absolute atomic E-state index is 0.460. The minimum atomic E-state index is -0.625. The van der Waals surface area contributed by atoms with Crippen LogP contribution >= 0.6 is 0 Å². The molecule has 1 atom stereocenters. The molecule has 0 saturated carbocycles. The fourth-order valence-electron chi connectivity index (χ4n) is 2.82. The molecule has 1 unspecified atom stereocenters. The Kier molecular flexibility index (Phi) is 3.10. The highest BCUT2D eigenvalue weighted by Crippen LogP contribution is 2.22. The molecule has 0 aliphatic carbocycles. The average Bonchev–Trinajstić information content (AvgIpc) is 2.70. The summed E-state index contributed by atoms with van der Waals surface area (Å²) >= 11 is 0.